The summed E-state index contributed by atoms with van der Waals surface area (Å²) in [6, 6.07) is 14.1. The molecule has 1 saturated heterocycles. The molecule has 4 nitrogen and oxygen atoms in total. The van der Waals surface area contributed by atoms with Gasteiger partial charge >= 0.3 is 0 Å². The van der Waals surface area contributed by atoms with Crippen LogP contribution in [0, 0.1) is 0 Å². The lowest BCUT2D eigenvalue weighted by Gasteiger charge is -2.08. The minimum atomic E-state index is -3.19. The highest BCUT2D eigenvalue weighted by molar-refractivity contribution is 8.08. The lowest BCUT2D eigenvalue weighted by atomic mass is 10.2. The molecule has 1 fully saturated rings. The number of rotatable bonds is 6. The van der Waals surface area contributed by atoms with Gasteiger partial charge < -0.3 is 10.5 Å². The van der Waals surface area contributed by atoms with Crippen LogP contribution in [0.5, 0.6) is 11.5 Å². The zero-order valence-corrected chi connectivity index (χ0v) is 14.8. The average molecular weight is 372 g/mol. The maximum atomic E-state index is 12.2. The molecule has 1 aliphatic rings. The Bertz CT molecular complexity index is 742. The van der Waals surface area contributed by atoms with Gasteiger partial charge in [-0.25, -0.2) is 8.42 Å². The molecule has 1 atom stereocenters. The number of benzene rings is 2. The van der Waals surface area contributed by atoms with Gasteiger partial charge in [0.1, 0.15) is 11.5 Å². The van der Waals surface area contributed by atoms with Crippen molar-refractivity contribution in [3.8, 4) is 11.5 Å². The topological polar surface area (TPSA) is 69.4 Å². The van der Waals surface area contributed by atoms with Crippen LogP contribution in [0.4, 0.5) is 0 Å². The lowest BCUT2D eigenvalue weighted by molar-refractivity contribution is 0.482. The molecule has 0 aromatic heterocycles. The van der Waals surface area contributed by atoms with Gasteiger partial charge in [-0.1, -0.05) is 12.1 Å². The van der Waals surface area contributed by atoms with E-state index < -0.39 is 9.84 Å². The van der Waals surface area contributed by atoms with Crippen molar-refractivity contribution >= 4 is 34.0 Å². The Labute approximate surface area is 146 Å². The number of halogens is 1. The summed E-state index contributed by atoms with van der Waals surface area (Å²) in [7, 11) is -3.19. The second-order valence-corrected chi connectivity index (χ2v) is 8.53. The lowest BCUT2D eigenvalue weighted by Crippen LogP contribution is -2.10. The first-order valence-electron chi connectivity index (χ1n) is 6.98. The molecule has 0 radical (unpaired) electrons. The molecular formula is C16H18ClNO3S2. The van der Waals surface area contributed by atoms with Gasteiger partial charge in [0, 0.05) is 17.5 Å². The monoisotopic (exact) mass is 371 g/mol. The number of nitrogens with two attached hydrogens (primary N) is 1. The SMILES string of the molecule is Cl.NCc1ccc(Oc2ccc(S(=O)(=O)C[C@H]3CS3)cc2)cc1. The molecule has 0 amide bonds. The van der Waals surface area contributed by atoms with Crippen molar-refractivity contribution in [2.45, 2.75) is 16.7 Å². The van der Waals surface area contributed by atoms with Crippen LogP contribution < -0.4 is 10.5 Å². The fourth-order valence-corrected chi connectivity index (χ4v) is 4.73. The van der Waals surface area contributed by atoms with E-state index in [1.165, 1.54) is 0 Å². The van der Waals surface area contributed by atoms with Crippen molar-refractivity contribution < 1.29 is 13.2 Å². The Morgan fingerprint density at radius 2 is 1.57 bits per heavy atom. The normalized spacial score (nSPS) is 16.5. The Morgan fingerprint density at radius 3 is 2.04 bits per heavy atom. The van der Waals surface area contributed by atoms with Gasteiger partial charge in [0.15, 0.2) is 9.84 Å². The summed E-state index contributed by atoms with van der Waals surface area (Å²) in [4.78, 5) is 0.353. The zero-order chi connectivity index (χ0) is 15.6. The van der Waals surface area contributed by atoms with Gasteiger partial charge in [-0.05, 0) is 42.0 Å². The predicted molar refractivity (Wildman–Crippen MR) is 96.4 cm³/mol. The molecule has 23 heavy (non-hydrogen) atoms. The van der Waals surface area contributed by atoms with E-state index in [2.05, 4.69) is 0 Å². The quantitative estimate of drug-likeness (QED) is 0.789. The second kappa shape index (κ2) is 7.57. The Kier molecular flexibility index (Phi) is 5.97. The van der Waals surface area contributed by atoms with Crippen LogP contribution in [0.3, 0.4) is 0 Å². The molecule has 2 N–H and O–H groups in total. The third kappa shape index (κ3) is 4.88. The number of ether oxygens (including phenoxy) is 1. The standard InChI is InChI=1S/C16H17NO3S2.ClH/c17-9-12-1-3-13(4-2-12)20-14-5-7-16(8-6-14)22(18,19)11-15-10-21-15;/h1-8,15H,9-11,17H2;1H/t15-;/m1./s1. The van der Waals surface area contributed by atoms with Crippen LogP contribution in [0.25, 0.3) is 0 Å². The van der Waals surface area contributed by atoms with Gasteiger partial charge in [-0.3, -0.25) is 0 Å². The molecule has 1 aliphatic heterocycles. The van der Waals surface area contributed by atoms with Crippen LogP contribution in [-0.2, 0) is 16.4 Å². The van der Waals surface area contributed by atoms with Crippen LogP contribution in [0.15, 0.2) is 53.4 Å². The van der Waals surface area contributed by atoms with Crippen LogP contribution in [0.1, 0.15) is 5.56 Å². The Hall–Kier alpha value is -1.21. The summed E-state index contributed by atoms with van der Waals surface area (Å²) in [5.74, 6) is 2.47. The molecule has 2 aromatic rings. The van der Waals surface area contributed by atoms with E-state index in [4.69, 9.17) is 10.5 Å². The highest BCUT2D eigenvalue weighted by Crippen LogP contribution is 2.33. The molecule has 0 unspecified atom stereocenters. The molecule has 1 heterocycles. The van der Waals surface area contributed by atoms with Crippen molar-refractivity contribution in [2.24, 2.45) is 5.73 Å². The average Bonchev–Trinajstić information content (AvgIpc) is 3.32. The van der Waals surface area contributed by atoms with E-state index in [0.717, 1.165) is 11.3 Å². The Morgan fingerprint density at radius 1 is 1.04 bits per heavy atom. The van der Waals surface area contributed by atoms with Crippen LogP contribution in [0.2, 0.25) is 0 Å². The fourth-order valence-electron chi connectivity index (χ4n) is 2.05. The van der Waals surface area contributed by atoms with Crippen molar-refractivity contribution in [1.29, 1.82) is 0 Å². The minimum Gasteiger partial charge on any atom is -0.457 e. The summed E-state index contributed by atoms with van der Waals surface area (Å²) in [5.41, 5.74) is 6.58. The third-order valence-corrected chi connectivity index (χ3v) is 6.40. The molecule has 0 spiro atoms. The smallest absolute Gasteiger partial charge is 0.179 e. The first-order chi connectivity index (χ1) is 10.6. The first-order valence-corrected chi connectivity index (χ1v) is 9.68. The van der Waals surface area contributed by atoms with Crippen LogP contribution in [-0.4, -0.2) is 25.2 Å². The van der Waals surface area contributed by atoms with Crippen LogP contribution >= 0.6 is 24.2 Å². The summed E-state index contributed by atoms with van der Waals surface area (Å²) in [6.07, 6.45) is 0. The second-order valence-electron chi connectivity index (χ2n) is 5.16. The summed E-state index contributed by atoms with van der Waals surface area (Å²) < 4.78 is 30.0. The van der Waals surface area contributed by atoms with E-state index in [9.17, 15) is 8.42 Å². The van der Waals surface area contributed by atoms with Gasteiger partial charge in [0.05, 0.1) is 10.6 Å². The maximum Gasteiger partial charge on any atom is 0.179 e. The number of hydrogen-bond donors (Lipinski definition) is 1. The molecule has 124 valence electrons. The molecular weight excluding hydrogens is 354 g/mol. The summed E-state index contributed by atoms with van der Waals surface area (Å²) in [5, 5.41) is 0.266. The van der Waals surface area contributed by atoms with Gasteiger partial charge in [0.25, 0.3) is 0 Å². The highest BCUT2D eigenvalue weighted by atomic mass is 35.5. The van der Waals surface area contributed by atoms with Gasteiger partial charge in [-0.2, -0.15) is 11.8 Å². The molecule has 0 bridgehead atoms. The molecule has 3 rings (SSSR count). The van der Waals surface area contributed by atoms with E-state index in [-0.39, 0.29) is 23.4 Å². The Balaban J connectivity index is 0.00000192. The van der Waals surface area contributed by atoms with Crippen molar-refractivity contribution in [3.63, 3.8) is 0 Å². The first kappa shape index (κ1) is 18.1. The third-order valence-electron chi connectivity index (χ3n) is 3.39. The molecule has 7 heteroatoms. The molecule has 0 saturated carbocycles. The van der Waals surface area contributed by atoms with Crippen molar-refractivity contribution in [3.05, 3.63) is 54.1 Å². The number of hydrogen-bond acceptors (Lipinski definition) is 5. The van der Waals surface area contributed by atoms with Gasteiger partial charge in [-0.15, -0.1) is 12.4 Å². The summed E-state index contributed by atoms with van der Waals surface area (Å²) >= 11 is 1.68. The van der Waals surface area contributed by atoms with Gasteiger partial charge in [0.2, 0.25) is 0 Å². The van der Waals surface area contributed by atoms with Crippen molar-refractivity contribution in [1.82, 2.24) is 0 Å². The largest absolute Gasteiger partial charge is 0.457 e. The molecule has 2 aromatic carbocycles. The van der Waals surface area contributed by atoms with Crippen molar-refractivity contribution in [2.75, 3.05) is 11.5 Å². The molecule has 0 aliphatic carbocycles. The minimum absolute atomic E-state index is 0. The van der Waals surface area contributed by atoms with E-state index in [1.807, 2.05) is 24.3 Å². The number of thioether (sulfide) groups is 1. The number of sulfone groups is 1. The zero-order valence-electron chi connectivity index (χ0n) is 12.3. The highest BCUT2D eigenvalue weighted by Gasteiger charge is 2.29. The summed E-state index contributed by atoms with van der Waals surface area (Å²) in [6.45, 7) is 0.492. The maximum absolute atomic E-state index is 12.2. The predicted octanol–water partition coefficient (Wildman–Crippen LogP) is 3.25. The van der Waals surface area contributed by atoms with E-state index in [0.29, 0.717) is 22.9 Å². The van der Waals surface area contributed by atoms with E-state index >= 15 is 0 Å². The van der Waals surface area contributed by atoms with E-state index in [1.54, 1.807) is 36.0 Å². The fraction of sp³-hybridized carbons (Fsp3) is 0.250.